The summed E-state index contributed by atoms with van der Waals surface area (Å²) in [5.74, 6) is 4.20. The minimum Gasteiger partial charge on any atom is -0.353 e. The first-order valence-corrected chi connectivity index (χ1v) is 15.0. The van der Waals surface area contributed by atoms with Crippen molar-refractivity contribution in [1.29, 1.82) is 0 Å². The first-order valence-electron chi connectivity index (χ1n) is 15.0. The molecule has 2 aromatic carbocycles. The fourth-order valence-corrected chi connectivity index (χ4v) is 8.95. The van der Waals surface area contributed by atoms with Crippen LogP contribution in [0.25, 0.3) is 11.0 Å². The number of hydrogen-bond donors (Lipinski definition) is 1. The van der Waals surface area contributed by atoms with Gasteiger partial charge >= 0.3 is 0 Å². The molecule has 1 aromatic heterocycles. The van der Waals surface area contributed by atoms with Crippen LogP contribution in [0, 0.1) is 36.0 Å². The number of hydrogen-bond acceptors (Lipinski definition) is 3. The van der Waals surface area contributed by atoms with Gasteiger partial charge in [0.25, 0.3) is 0 Å². The lowest BCUT2D eigenvalue weighted by atomic mass is 9.48. The Bertz CT molecular complexity index is 1300. The Labute approximate surface area is 227 Å². The zero-order valence-electron chi connectivity index (χ0n) is 23.0. The van der Waals surface area contributed by atoms with Gasteiger partial charge in [-0.25, -0.2) is 4.98 Å². The van der Waals surface area contributed by atoms with Crippen molar-refractivity contribution < 1.29 is 4.79 Å². The van der Waals surface area contributed by atoms with Gasteiger partial charge in [-0.2, -0.15) is 0 Å². The Kier molecular flexibility index (Phi) is 6.01. The van der Waals surface area contributed by atoms with Crippen LogP contribution >= 0.6 is 0 Å². The lowest BCUT2D eigenvalue weighted by Gasteiger charge is -2.59. The number of imidazole rings is 1. The smallest absolute Gasteiger partial charge is 0.223 e. The zero-order chi connectivity index (χ0) is 25.9. The summed E-state index contributed by atoms with van der Waals surface area (Å²) < 4.78 is 2.37. The third kappa shape index (κ3) is 4.23. The second-order valence-corrected chi connectivity index (χ2v) is 13.2. The molecule has 0 unspecified atom stereocenters. The molecule has 1 aliphatic heterocycles. The molecule has 38 heavy (non-hydrogen) atoms. The van der Waals surface area contributed by atoms with Gasteiger partial charge in [-0.15, -0.1) is 0 Å². The average molecular weight is 511 g/mol. The predicted molar refractivity (Wildman–Crippen MR) is 153 cm³/mol. The summed E-state index contributed by atoms with van der Waals surface area (Å²) in [6, 6.07) is 17.4. The van der Waals surface area contributed by atoms with Crippen molar-refractivity contribution in [3.8, 4) is 0 Å². The van der Waals surface area contributed by atoms with E-state index in [0.717, 1.165) is 61.7 Å². The van der Waals surface area contributed by atoms with E-state index in [1.807, 2.05) is 0 Å². The number of nitrogens with zero attached hydrogens (tertiary/aromatic N) is 3. The van der Waals surface area contributed by atoms with E-state index in [1.165, 1.54) is 55.2 Å². The van der Waals surface area contributed by atoms with Gasteiger partial charge in [-0.05, 0) is 112 Å². The van der Waals surface area contributed by atoms with Crippen LogP contribution < -0.4 is 10.2 Å². The summed E-state index contributed by atoms with van der Waals surface area (Å²) in [7, 11) is 0. The predicted octanol–water partition coefficient (Wildman–Crippen LogP) is 6.33. The third-order valence-electron chi connectivity index (χ3n) is 10.7. The van der Waals surface area contributed by atoms with Crippen LogP contribution in [0.4, 0.5) is 5.95 Å². The Morgan fingerprint density at radius 2 is 1.61 bits per heavy atom. The second kappa shape index (κ2) is 9.43. The quantitative estimate of drug-likeness (QED) is 0.422. The number of carbonyl (C=O) groups excluding carboxylic acids is 1. The zero-order valence-corrected chi connectivity index (χ0v) is 23.0. The van der Waals surface area contributed by atoms with Crippen LogP contribution in [0.2, 0.25) is 0 Å². The molecule has 0 radical (unpaired) electrons. The molecule has 200 valence electrons. The molecule has 5 heteroatoms. The molecule has 5 fully saturated rings. The van der Waals surface area contributed by atoms with E-state index in [-0.39, 0.29) is 5.92 Å². The maximum absolute atomic E-state index is 13.5. The Hall–Kier alpha value is -2.82. The molecule has 8 rings (SSSR count). The number of amides is 1. The summed E-state index contributed by atoms with van der Waals surface area (Å²) in [6.45, 7) is 7.06. The summed E-state index contributed by atoms with van der Waals surface area (Å²) in [6.07, 6.45) is 10.2. The van der Waals surface area contributed by atoms with E-state index in [9.17, 15) is 4.79 Å². The number of anilines is 1. The fraction of sp³-hybridized carbons (Fsp3) is 0.576. The average Bonchev–Trinajstić information content (AvgIpc) is 3.27. The van der Waals surface area contributed by atoms with Crippen molar-refractivity contribution in [3.63, 3.8) is 0 Å². The summed E-state index contributed by atoms with van der Waals surface area (Å²) >= 11 is 0. The molecule has 1 N–H and O–H groups in total. The van der Waals surface area contributed by atoms with Crippen molar-refractivity contribution in [2.75, 3.05) is 18.0 Å². The normalized spacial score (nSPS) is 29.6. The van der Waals surface area contributed by atoms with Gasteiger partial charge in [0.1, 0.15) is 0 Å². The standard InChI is InChI=1S/C33H42N4O/c1-22-7-3-4-8-28(22)21-37-30-10-6-5-9-29(30)35-32(37)36-13-11-27(12-14-36)31(38)34-23(2)33-18-24-15-25(19-33)17-26(16-24)20-33/h3-10,23-27H,11-21H2,1-2H3,(H,34,38)/t23-,24?,25?,26?,33?/m1/s1. The molecule has 5 nitrogen and oxygen atoms in total. The van der Waals surface area contributed by atoms with Crippen molar-refractivity contribution in [2.24, 2.45) is 29.1 Å². The first kappa shape index (κ1) is 24.2. The molecule has 5 aliphatic rings. The Morgan fingerprint density at radius 1 is 0.974 bits per heavy atom. The van der Waals surface area contributed by atoms with E-state index >= 15 is 0 Å². The fourth-order valence-electron chi connectivity index (χ4n) is 8.95. The molecule has 1 atom stereocenters. The number of rotatable bonds is 6. The Balaban J connectivity index is 1.04. The lowest BCUT2D eigenvalue weighted by molar-refractivity contribution is -0.130. The van der Waals surface area contributed by atoms with Gasteiger partial charge in [0.15, 0.2) is 0 Å². The van der Waals surface area contributed by atoms with Crippen LogP contribution in [0.3, 0.4) is 0 Å². The van der Waals surface area contributed by atoms with Gasteiger partial charge in [0, 0.05) is 25.0 Å². The summed E-state index contributed by atoms with van der Waals surface area (Å²) in [5, 5.41) is 3.55. The molecule has 1 saturated heterocycles. The number of carbonyl (C=O) groups is 1. The maximum Gasteiger partial charge on any atom is 0.223 e. The number of nitrogens with one attached hydrogen (secondary N) is 1. The van der Waals surface area contributed by atoms with Gasteiger partial charge in [0.05, 0.1) is 17.6 Å². The van der Waals surface area contributed by atoms with E-state index in [0.29, 0.717) is 17.4 Å². The highest BCUT2D eigenvalue weighted by atomic mass is 16.2. The number of piperidine rings is 1. The van der Waals surface area contributed by atoms with Gasteiger partial charge in [0.2, 0.25) is 11.9 Å². The molecule has 0 spiro atoms. The molecule has 4 saturated carbocycles. The van der Waals surface area contributed by atoms with Crippen LogP contribution in [-0.4, -0.2) is 34.6 Å². The number of para-hydroxylation sites is 2. The summed E-state index contributed by atoms with van der Waals surface area (Å²) in [4.78, 5) is 21.0. The van der Waals surface area contributed by atoms with Gasteiger partial charge < -0.3 is 14.8 Å². The maximum atomic E-state index is 13.5. The molecular formula is C33H42N4O. The highest BCUT2D eigenvalue weighted by Crippen LogP contribution is 2.61. The van der Waals surface area contributed by atoms with Crippen molar-refractivity contribution in [3.05, 3.63) is 59.7 Å². The van der Waals surface area contributed by atoms with Crippen LogP contribution in [0.5, 0.6) is 0 Å². The van der Waals surface area contributed by atoms with Crippen LogP contribution in [-0.2, 0) is 11.3 Å². The molecule has 2 heterocycles. The SMILES string of the molecule is Cc1ccccc1Cn1c(N2CCC(C(=O)N[C@H](C)C34CC5CC(CC(C5)C3)C4)CC2)nc2ccccc21. The third-order valence-corrected chi connectivity index (χ3v) is 10.7. The van der Waals surface area contributed by atoms with E-state index < -0.39 is 0 Å². The molecule has 3 aromatic rings. The van der Waals surface area contributed by atoms with Crippen molar-refractivity contribution in [2.45, 2.75) is 77.8 Å². The first-order chi connectivity index (χ1) is 18.5. The number of aryl methyl sites for hydroxylation is 1. The number of benzene rings is 2. The summed E-state index contributed by atoms with van der Waals surface area (Å²) in [5.41, 5.74) is 5.21. The second-order valence-electron chi connectivity index (χ2n) is 13.2. The molecular weight excluding hydrogens is 468 g/mol. The van der Waals surface area contributed by atoms with Gasteiger partial charge in [-0.1, -0.05) is 36.4 Å². The minimum absolute atomic E-state index is 0.108. The van der Waals surface area contributed by atoms with Crippen LogP contribution in [0.1, 0.15) is 69.4 Å². The monoisotopic (exact) mass is 510 g/mol. The minimum atomic E-state index is 0.108. The van der Waals surface area contributed by atoms with Crippen molar-refractivity contribution >= 4 is 22.9 Å². The Morgan fingerprint density at radius 3 is 2.29 bits per heavy atom. The number of aromatic nitrogens is 2. The highest BCUT2D eigenvalue weighted by Gasteiger charge is 2.53. The van der Waals surface area contributed by atoms with Crippen molar-refractivity contribution in [1.82, 2.24) is 14.9 Å². The molecule has 1 amide bonds. The topological polar surface area (TPSA) is 50.2 Å². The molecule has 4 bridgehead atoms. The largest absolute Gasteiger partial charge is 0.353 e. The van der Waals surface area contributed by atoms with Gasteiger partial charge in [-0.3, -0.25) is 4.79 Å². The lowest BCUT2D eigenvalue weighted by Crippen LogP contribution is -2.56. The number of fused-ring (bicyclic) bond motifs is 1. The highest BCUT2D eigenvalue weighted by molar-refractivity contribution is 5.80. The van der Waals surface area contributed by atoms with E-state index in [4.69, 9.17) is 4.98 Å². The van der Waals surface area contributed by atoms with Crippen LogP contribution in [0.15, 0.2) is 48.5 Å². The van der Waals surface area contributed by atoms with E-state index in [2.05, 4.69) is 77.2 Å². The molecule has 4 aliphatic carbocycles. The van der Waals surface area contributed by atoms with E-state index in [1.54, 1.807) is 0 Å².